The molecule has 0 saturated heterocycles. The van der Waals surface area contributed by atoms with Crippen LogP contribution in [0, 0.1) is 5.41 Å². The molecule has 1 aromatic carbocycles. The van der Waals surface area contributed by atoms with E-state index in [2.05, 4.69) is 41.7 Å². The summed E-state index contributed by atoms with van der Waals surface area (Å²) in [4.78, 5) is 9.32. The van der Waals surface area contributed by atoms with Gasteiger partial charge in [0.15, 0.2) is 11.3 Å². The predicted octanol–water partition coefficient (Wildman–Crippen LogP) is 3.96. The first-order chi connectivity index (χ1) is 12.3. The van der Waals surface area contributed by atoms with Crippen molar-refractivity contribution in [1.29, 1.82) is 0 Å². The highest BCUT2D eigenvalue weighted by Gasteiger charge is 2.48. The third-order valence-electron chi connectivity index (χ3n) is 4.21. The minimum atomic E-state index is -0.835. The van der Waals surface area contributed by atoms with Crippen LogP contribution in [-0.2, 0) is 10.3 Å². The largest absolute Gasteiger partial charge is 0.477 e. The molecule has 2 aliphatic heterocycles. The molecule has 6 nitrogen and oxygen atoms in total. The Kier molecular flexibility index (Phi) is 3.87. The number of aromatic nitrogens is 1. The van der Waals surface area contributed by atoms with E-state index >= 15 is 0 Å². The van der Waals surface area contributed by atoms with Crippen molar-refractivity contribution in [3.05, 3.63) is 46.1 Å². The van der Waals surface area contributed by atoms with Crippen LogP contribution >= 0.6 is 15.9 Å². The lowest BCUT2D eigenvalue weighted by Gasteiger charge is -2.32. The highest BCUT2D eigenvalue weighted by Crippen LogP contribution is 2.50. The number of nitrogens with two attached hydrogens (primary N) is 1. The summed E-state index contributed by atoms with van der Waals surface area (Å²) in [6, 6.07) is 9.61. The van der Waals surface area contributed by atoms with Gasteiger partial charge < -0.3 is 19.9 Å². The number of amidine groups is 1. The fraction of sp³-hybridized carbons (Fsp3) is 0.368. The molecule has 2 aliphatic rings. The predicted molar refractivity (Wildman–Crippen MR) is 102 cm³/mol. The molecular weight excluding hydrogens is 398 g/mol. The standard InChI is InChI=1S/C19H20BrN3O3/c1-18(2,3)9-24-15-7-6-14-16(22-15)19(10-25-17(21)23-19)12-8-11(20)4-5-13(12)26-14/h4-8H,9-10H2,1-3H3,(H2,21,23)/t19-/m0/s1. The molecule has 26 heavy (non-hydrogen) atoms. The second-order valence-corrected chi connectivity index (χ2v) is 8.60. The summed E-state index contributed by atoms with van der Waals surface area (Å²) in [6.07, 6.45) is 0. The smallest absolute Gasteiger partial charge is 0.283 e. The molecule has 1 aromatic heterocycles. The van der Waals surface area contributed by atoms with E-state index in [1.54, 1.807) is 0 Å². The molecule has 0 fully saturated rings. The number of ether oxygens (including phenoxy) is 3. The average Bonchev–Trinajstić information content (AvgIpc) is 2.96. The lowest BCUT2D eigenvalue weighted by molar-refractivity contribution is 0.189. The summed E-state index contributed by atoms with van der Waals surface area (Å²) in [5, 5.41) is 0. The molecule has 0 aliphatic carbocycles. The van der Waals surface area contributed by atoms with Crippen molar-refractivity contribution in [1.82, 2.24) is 4.98 Å². The fourth-order valence-corrected chi connectivity index (χ4v) is 3.39. The van der Waals surface area contributed by atoms with E-state index in [0.717, 1.165) is 10.0 Å². The van der Waals surface area contributed by atoms with Crippen LogP contribution in [0.3, 0.4) is 0 Å². The fourth-order valence-electron chi connectivity index (χ4n) is 3.03. The Morgan fingerprint density at radius 1 is 1.23 bits per heavy atom. The normalized spacial score (nSPS) is 20.7. The van der Waals surface area contributed by atoms with Crippen LogP contribution in [0.15, 0.2) is 39.8 Å². The van der Waals surface area contributed by atoms with E-state index in [0.29, 0.717) is 29.7 Å². The summed E-state index contributed by atoms with van der Waals surface area (Å²) in [7, 11) is 0. The number of rotatable bonds is 2. The van der Waals surface area contributed by atoms with E-state index < -0.39 is 5.54 Å². The van der Waals surface area contributed by atoms with Crippen molar-refractivity contribution in [2.75, 3.05) is 13.2 Å². The maximum absolute atomic E-state index is 6.05. The Bertz CT molecular complexity index is 907. The molecule has 136 valence electrons. The first-order valence-corrected chi connectivity index (χ1v) is 9.16. The van der Waals surface area contributed by atoms with Gasteiger partial charge in [0.2, 0.25) is 5.88 Å². The second-order valence-electron chi connectivity index (χ2n) is 7.69. The van der Waals surface area contributed by atoms with Gasteiger partial charge >= 0.3 is 0 Å². The van der Waals surface area contributed by atoms with E-state index in [1.807, 2.05) is 30.3 Å². The molecule has 0 amide bonds. The number of hydrogen-bond acceptors (Lipinski definition) is 6. The topological polar surface area (TPSA) is 79.0 Å². The maximum Gasteiger partial charge on any atom is 0.283 e. The highest BCUT2D eigenvalue weighted by atomic mass is 79.9. The summed E-state index contributed by atoms with van der Waals surface area (Å²) < 4.78 is 18.4. The molecule has 7 heteroatoms. The van der Waals surface area contributed by atoms with Gasteiger partial charge in [-0.15, -0.1) is 0 Å². The number of hydrogen-bond donors (Lipinski definition) is 1. The molecule has 1 spiro atoms. The van der Waals surface area contributed by atoms with Gasteiger partial charge in [-0.1, -0.05) is 36.7 Å². The molecule has 2 aromatic rings. The van der Waals surface area contributed by atoms with Crippen LogP contribution in [0.5, 0.6) is 17.4 Å². The molecule has 0 saturated carbocycles. The zero-order valence-corrected chi connectivity index (χ0v) is 16.5. The lowest BCUT2D eigenvalue weighted by atomic mass is 9.85. The number of fused-ring (bicyclic) bond motifs is 4. The molecule has 4 rings (SSSR count). The molecule has 0 radical (unpaired) electrons. The van der Waals surface area contributed by atoms with E-state index in [1.165, 1.54) is 0 Å². The van der Waals surface area contributed by atoms with Gasteiger partial charge in [-0.2, -0.15) is 0 Å². The van der Waals surface area contributed by atoms with Crippen molar-refractivity contribution < 1.29 is 14.2 Å². The lowest BCUT2D eigenvalue weighted by Crippen LogP contribution is -2.32. The number of nitrogens with zero attached hydrogens (tertiary/aromatic N) is 2. The van der Waals surface area contributed by atoms with Crippen LogP contribution in [0.4, 0.5) is 0 Å². The Balaban J connectivity index is 1.83. The third kappa shape index (κ3) is 2.90. The van der Waals surface area contributed by atoms with Gasteiger partial charge in [-0.3, -0.25) is 0 Å². The van der Waals surface area contributed by atoms with Crippen LogP contribution in [0.2, 0.25) is 0 Å². The third-order valence-corrected chi connectivity index (χ3v) is 4.71. The first kappa shape index (κ1) is 17.1. The summed E-state index contributed by atoms with van der Waals surface area (Å²) >= 11 is 3.52. The maximum atomic E-state index is 6.05. The molecule has 3 heterocycles. The van der Waals surface area contributed by atoms with E-state index in [9.17, 15) is 0 Å². The van der Waals surface area contributed by atoms with Gasteiger partial charge in [-0.05, 0) is 29.7 Å². The van der Waals surface area contributed by atoms with Crippen LogP contribution in [0.25, 0.3) is 0 Å². The second kappa shape index (κ2) is 5.87. The quantitative estimate of drug-likeness (QED) is 0.799. The zero-order chi connectivity index (χ0) is 18.5. The Morgan fingerprint density at radius 2 is 2.00 bits per heavy atom. The molecule has 0 bridgehead atoms. The van der Waals surface area contributed by atoms with Gasteiger partial charge in [0.1, 0.15) is 18.1 Å². The average molecular weight is 418 g/mol. The molecule has 2 N–H and O–H groups in total. The van der Waals surface area contributed by atoms with Gasteiger partial charge in [0, 0.05) is 16.1 Å². The van der Waals surface area contributed by atoms with Crippen molar-refractivity contribution >= 4 is 22.0 Å². The van der Waals surface area contributed by atoms with Gasteiger partial charge in [-0.25, -0.2) is 9.98 Å². The van der Waals surface area contributed by atoms with Crippen LogP contribution < -0.4 is 15.2 Å². The van der Waals surface area contributed by atoms with E-state index in [-0.39, 0.29) is 18.0 Å². The van der Waals surface area contributed by atoms with Crippen LogP contribution in [-0.4, -0.2) is 24.2 Å². The zero-order valence-electron chi connectivity index (χ0n) is 14.9. The minimum absolute atomic E-state index is 0.0300. The van der Waals surface area contributed by atoms with Gasteiger partial charge in [0.05, 0.1) is 6.61 Å². The Labute approximate surface area is 160 Å². The monoisotopic (exact) mass is 417 g/mol. The van der Waals surface area contributed by atoms with Crippen molar-refractivity contribution in [2.45, 2.75) is 26.3 Å². The number of halogens is 1. The molecular formula is C19H20BrN3O3. The van der Waals surface area contributed by atoms with Crippen molar-refractivity contribution in [3.8, 4) is 17.4 Å². The first-order valence-electron chi connectivity index (χ1n) is 8.37. The molecule has 0 unspecified atom stereocenters. The summed E-state index contributed by atoms with van der Waals surface area (Å²) in [6.45, 7) is 7.16. The van der Waals surface area contributed by atoms with Crippen molar-refractivity contribution in [3.63, 3.8) is 0 Å². The SMILES string of the molecule is CC(C)(C)COc1ccc2c(n1)[C@]1(COC(N)=N1)c1cc(Br)ccc1O2. The summed E-state index contributed by atoms with van der Waals surface area (Å²) in [5.74, 6) is 1.87. The summed E-state index contributed by atoms with van der Waals surface area (Å²) in [5.41, 5.74) is 6.57. The van der Waals surface area contributed by atoms with E-state index in [4.69, 9.17) is 24.9 Å². The van der Waals surface area contributed by atoms with Gasteiger partial charge in [0.25, 0.3) is 6.02 Å². The number of aliphatic imine (C=N–C) groups is 1. The van der Waals surface area contributed by atoms with Crippen molar-refractivity contribution in [2.24, 2.45) is 16.1 Å². The Hall–Kier alpha value is -2.28. The number of benzene rings is 1. The highest BCUT2D eigenvalue weighted by molar-refractivity contribution is 9.10. The molecule has 1 atom stereocenters. The Morgan fingerprint density at radius 3 is 2.69 bits per heavy atom. The number of pyridine rings is 1. The van der Waals surface area contributed by atoms with Crippen LogP contribution in [0.1, 0.15) is 32.0 Å². The minimum Gasteiger partial charge on any atom is -0.477 e.